The van der Waals surface area contributed by atoms with Crippen molar-refractivity contribution in [3.8, 4) is 0 Å². The highest BCUT2D eigenvalue weighted by Crippen LogP contribution is 2.44. The summed E-state index contributed by atoms with van der Waals surface area (Å²) >= 11 is 0. The van der Waals surface area contributed by atoms with Crippen molar-refractivity contribution in [3.05, 3.63) is 17.0 Å². The molecule has 0 radical (unpaired) electrons. The summed E-state index contributed by atoms with van der Waals surface area (Å²) in [5.41, 5.74) is 1.52. The molecule has 1 aromatic rings. The molecule has 6 nitrogen and oxygen atoms in total. The predicted molar refractivity (Wildman–Crippen MR) is 81.9 cm³/mol. The first-order valence-corrected chi connectivity index (χ1v) is 9.61. The van der Waals surface area contributed by atoms with Crippen molar-refractivity contribution < 1.29 is 17.7 Å². The number of sulfonamides is 1. The standard InChI is InChI=1S/C15H24N2O4S/c1-11-14(12(2)21-17-11)9-16-22(18,19)10-13-5-3-6-15(20-13)7-4-8-15/h13,16H,3-10H2,1-2H3. The van der Waals surface area contributed by atoms with E-state index < -0.39 is 10.0 Å². The molecule has 1 aliphatic heterocycles. The Morgan fingerprint density at radius 3 is 2.59 bits per heavy atom. The number of nitrogens with one attached hydrogen (secondary N) is 1. The Hall–Kier alpha value is -0.920. The van der Waals surface area contributed by atoms with Gasteiger partial charge in [-0.2, -0.15) is 0 Å². The molecule has 0 amide bonds. The molecule has 2 fully saturated rings. The fraction of sp³-hybridized carbons (Fsp3) is 0.800. The molecule has 1 atom stereocenters. The van der Waals surface area contributed by atoms with Crippen molar-refractivity contribution in [3.63, 3.8) is 0 Å². The Kier molecular flexibility index (Phi) is 4.31. The largest absolute Gasteiger partial charge is 0.371 e. The van der Waals surface area contributed by atoms with E-state index in [0.717, 1.165) is 43.4 Å². The van der Waals surface area contributed by atoms with E-state index in [0.29, 0.717) is 5.76 Å². The normalized spacial score (nSPS) is 24.4. The minimum absolute atomic E-state index is 0.0138. The lowest BCUT2D eigenvalue weighted by molar-refractivity contribution is -0.161. The molecule has 7 heteroatoms. The average Bonchev–Trinajstić information content (AvgIpc) is 2.74. The van der Waals surface area contributed by atoms with Gasteiger partial charge in [-0.25, -0.2) is 13.1 Å². The minimum atomic E-state index is -3.37. The number of rotatable bonds is 5. The van der Waals surface area contributed by atoms with Crippen molar-refractivity contribution in [1.82, 2.24) is 9.88 Å². The topological polar surface area (TPSA) is 81.4 Å². The summed E-state index contributed by atoms with van der Waals surface area (Å²) in [6, 6.07) is 0. The second kappa shape index (κ2) is 5.94. The highest BCUT2D eigenvalue weighted by Gasteiger charge is 2.43. The highest BCUT2D eigenvalue weighted by atomic mass is 32.2. The smallest absolute Gasteiger partial charge is 0.214 e. The number of aromatic nitrogens is 1. The Bertz CT molecular complexity index is 614. The van der Waals surface area contributed by atoms with Crippen LogP contribution in [0.4, 0.5) is 0 Å². The zero-order valence-corrected chi connectivity index (χ0v) is 14.0. The summed E-state index contributed by atoms with van der Waals surface area (Å²) in [5.74, 6) is 0.695. The van der Waals surface area contributed by atoms with Crippen LogP contribution in [0.25, 0.3) is 0 Å². The fourth-order valence-corrected chi connectivity index (χ4v) is 4.63. The molecule has 0 bridgehead atoms. The molecule has 1 saturated heterocycles. The summed E-state index contributed by atoms with van der Waals surface area (Å²) in [6.45, 7) is 3.82. The summed E-state index contributed by atoms with van der Waals surface area (Å²) in [5, 5.41) is 3.84. The van der Waals surface area contributed by atoms with Crippen LogP contribution in [0.2, 0.25) is 0 Å². The van der Waals surface area contributed by atoms with Crippen LogP contribution in [0.1, 0.15) is 55.5 Å². The van der Waals surface area contributed by atoms with Crippen LogP contribution in [0.5, 0.6) is 0 Å². The molecule has 1 unspecified atom stereocenters. The van der Waals surface area contributed by atoms with Gasteiger partial charge in [0.2, 0.25) is 10.0 Å². The maximum Gasteiger partial charge on any atom is 0.214 e. The number of nitrogens with zero attached hydrogens (tertiary/aromatic N) is 1. The Morgan fingerprint density at radius 1 is 1.27 bits per heavy atom. The van der Waals surface area contributed by atoms with E-state index in [4.69, 9.17) is 9.26 Å². The fourth-order valence-electron chi connectivity index (χ4n) is 3.42. The minimum Gasteiger partial charge on any atom is -0.371 e. The van der Waals surface area contributed by atoms with Crippen LogP contribution in [0.3, 0.4) is 0 Å². The quantitative estimate of drug-likeness (QED) is 0.896. The average molecular weight is 328 g/mol. The molecule has 0 aromatic carbocycles. The van der Waals surface area contributed by atoms with Crippen LogP contribution in [0, 0.1) is 13.8 Å². The molecule has 1 saturated carbocycles. The first kappa shape index (κ1) is 16.0. The van der Waals surface area contributed by atoms with Gasteiger partial charge in [0.15, 0.2) is 0 Å². The van der Waals surface area contributed by atoms with Gasteiger partial charge in [0.25, 0.3) is 0 Å². The van der Waals surface area contributed by atoms with Crippen LogP contribution in [0.15, 0.2) is 4.52 Å². The lowest BCUT2D eigenvalue weighted by Crippen LogP contribution is -2.48. The van der Waals surface area contributed by atoms with Gasteiger partial charge >= 0.3 is 0 Å². The van der Waals surface area contributed by atoms with Gasteiger partial charge in [0.05, 0.1) is 23.2 Å². The molecule has 2 aliphatic rings. The third kappa shape index (κ3) is 3.36. The SMILES string of the molecule is Cc1noc(C)c1CNS(=O)(=O)CC1CCCC2(CCC2)O1. The van der Waals surface area contributed by atoms with Gasteiger partial charge in [0.1, 0.15) is 5.76 Å². The highest BCUT2D eigenvalue weighted by molar-refractivity contribution is 7.89. The maximum atomic E-state index is 12.3. The van der Waals surface area contributed by atoms with E-state index in [1.54, 1.807) is 6.92 Å². The van der Waals surface area contributed by atoms with Gasteiger partial charge in [-0.3, -0.25) is 0 Å². The number of hydrogen-bond donors (Lipinski definition) is 1. The van der Waals surface area contributed by atoms with Crippen LogP contribution < -0.4 is 4.72 Å². The third-order valence-electron chi connectivity index (χ3n) is 4.90. The summed E-state index contributed by atoms with van der Waals surface area (Å²) in [7, 11) is -3.37. The molecule has 22 heavy (non-hydrogen) atoms. The Morgan fingerprint density at radius 2 is 2.00 bits per heavy atom. The number of hydrogen-bond acceptors (Lipinski definition) is 5. The molecular weight excluding hydrogens is 304 g/mol. The molecule has 2 heterocycles. The molecule has 1 spiro atoms. The lowest BCUT2D eigenvalue weighted by Gasteiger charge is -2.47. The zero-order chi connectivity index (χ0) is 15.8. The Labute approximate surface area is 131 Å². The van der Waals surface area contributed by atoms with E-state index in [2.05, 4.69) is 9.88 Å². The molecule has 3 rings (SSSR count). The molecule has 1 N–H and O–H groups in total. The number of aryl methyl sites for hydroxylation is 2. The summed E-state index contributed by atoms with van der Waals surface area (Å²) in [4.78, 5) is 0. The van der Waals surface area contributed by atoms with Crippen LogP contribution in [-0.2, 0) is 21.3 Å². The Balaban J connectivity index is 1.57. The van der Waals surface area contributed by atoms with Gasteiger partial charge in [-0.1, -0.05) is 5.16 Å². The van der Waals surface area contributed by atoms with E-state index in [1.807, 2.05) is 6.92 Å². The molecule has 1 aliphatic carbocycles. The first-order chi connectivity index (χ1) is 10.4. The van der Waals surface area contributed by atoms with Gasteiger partial charge in [0, 0.05) is 12.1 Å². The second-order valence-corrected chi connectivity index (χ2v) is 8.43. The van der Waals surface area contributed by atoms with Gasteiger partial charge in [-0.05, 0) is 52.4 Å². The van der Waals surface area contributed by atoms with Gasteiger partial charge < -0.3 is 9.26 Å². The van der Waals surface area contributed by atoms with E-state index in [-0.39, 0.29) is 24.0 Å². The molecule has 124 valence electrons. The lowest BCUT2D eigenvalue weighted by atomic mass is 9.74. The third-order valence-corrected chi connectivity index (χ3v) is 6.29. The van der Waals surface area contributed by atoms with E-state index in [1.165, 1.54) is 6.42 Å². The van der Waals surface area contributed by atoms with E-state index >= 15 is 0 Å². The summed E-state index contributed by atoms with van der Waals surface area (Å²) < 4.78 is 38.4. The molecular formula is C15H24N2O4S. The second-order valence-electron chi connectivity index (χ2n) is 6.57. The molecule has 1 aromatic heterocycles. The van der Waals surface area contributed by atoms with Crippen molar-refractivity contribution in [2.45, 2.75) is 70.6 Å². The van der Waals surface area contributed by atoms with Crippen molar-refractivity contribution in [2.75, 3.05) is 5.75 Å². The van der Waals surface area contributed by atoms with Crippen LogP contribution >= 0.6 is 0 Å². The van der Waals surface area contributed by atoms with Gasteiger partial charge in [-0.15, -0.1) is 0 Å². The number of ether oxygens (including phenoxy) is 1. The van der Waals surface area contributed by atoms with Crippen molar-refractivity contribution in [2.24, 2.45) is 0 Å². The van der Waals surface area contributed by atoms with Crippen molar-refractivity contribution in [1.29, 1.82) is 0 Å². The first-order valence-electron chi connectivity index (χ1n) is 7.96. The maximum absolute atomic E-state index is 12.3. The van der Waals surface area contributed by atoms with Crippen molar-refractivity contribution >= 4 is 10.0 Å². The summed E-state index contributed by atoms with van der Waals surface area (Å²) in [6.07, 6.45) is 6.14. The predicted octanol–water partition coefficient (Wildman–Crippen LogP) is 2.20. The zero-order valence-electron chi connectivity index (χ0n) is 13.2. The van der Waals surface area contributed by atoms with E-state index in [9.17, 15) is 8.42 Å². The van der Waals surface area contributed by atoms with Crippen LogP contribution in [-0.4, -0.2) is 31.0 Å². The monoisotopic (exact) mass is 328 g/mol.